The van der Waals surface area contributed by atoms with Crippen molar-refractivity contribution < 1.29 is 31.6 Å². The lowest BCUT2D eigenvalue weighted by molar-refractivity contribution is 0.0214. The average Bonchev–Trinajstić information content (AvgIpc) is 3.35. The van der Waals surface area contributed by atoms with Gasteiger partial charge in [-0.25, -0.2) is 25.1 Å². The maximum absolute atomic E-state index is 15.4. The number of aryl methyl sites for hydroxylation is 1. The van der Waals surface area contributed by atoms with Crippen LogP contribution in [0.1, 0.15) is 58.3 Å². The zero-order chi connectivity index (χ0) is 35.8. The number of nitrogens with one attached hydrogen (secondary N) is 2. The highest BCUT2D eigenvalue weighted by Gasteiger charge is 2.32. The van der Waals surface area contributed by atoms with Crippen LogP contribution in [0.3, 0.4) is 0 Å². The van der Waals surface area contributed by atoms with Crippen molar-refractivity contribution in [2.45, 2.75) is 57.5 Å². The molecule has 1 amide bonds. The van der Waals surface area contributed by atoms with E-state index in [2.05, 4.69) is 87.2 Å². The van der Waals surface area contributed by atoms with Crippen LogP contribution < -0.4 is 22.2 Å². The number of amides is 1. The summed E-state index contributed by atoms with van der Waals surface area (Å²) in [6.07, 6.45) is 10.9. The third-order valence-electron chi connectivity index (χ3n) is 8.42. The van der Waals surface area contributed by atoms with Gasteiger partial charge in [-0.15, -0.1) is 20.6 Å². The maximum Gasteiger partial charge on any atom is 0.277 e. The quantitative estimate of drug-likeness (QED) is 0.108. The van der Waals surface area contributed by atoms with Crippen LogP contribution in [0.15, 0.2) is 30.6 Å². The van der Waals surface area contributed by atoms with Gasteiger partial charge in [-0.3, -0.25) is 9.63 Å². The van der Waals surface area contributed by atoms with Crippen molar-refractivity contribution >= 4 is 62.2 Å². The van der Waals surface area contributed by atoms with Gasteiger partial charge < -0.3 is 23.1 Å². The van der Waals surface area contributed by atoms with Crippen LogP contribution in [0, 0.1) is 11.6 Å². The molecule has 0 unspecified atom stereocenters. The number of nitrogens with two attached hydrogens (primary N) is 1. The summed E-state index contributed by atoms with van der Waals surface area (Å²) in [6, 6.07) is 5.40. The predicted octanol–water partition coefficient (Wildman–Crippen LogP) is 5.91. The number of fused-ring (bicyclic) bond motifs is 1. The Bertz CT molecular complexity index is 1500. The number of carbonyl (C=O) groups is 1. The molecule has 264 valence electrons. The van der Waals surface area contributed by atoms with E-state index in [1.165, 1.54) is 24.5 Å². The van der Waals surface area contributed by atoms with Gasteiger partial charge >= 0.3 is 0 Å². The first kappa shape index (κ1) is 40.8. The Balaban J connectivity index is 0.000000544. The Kier molecular flexibility index (Phi) is 14.6. The van der Waals surface area contributed by atoms with E-state index in [0.29, 0.717) is 18.7 Å². The second kappa shape index (κ2) is 16.8. The van der Waals surface area contributed by atoms with Gasteiger partial charge in [0, 0.05) is 16.5 Å². The van der Waals surface area contributed by atoms with Crippen LogP contribution in [0.5, 0.6) is 0 Å². The lowest BCUT2D eigenvalue weighted by Crippen LogP contribution is -2.30. The number of nitrogens with zero attached hydrogens (tertiary/aromatic N) is 2. The van der Waals surface area contributed by atoms with E-state index in [4.69, 9.17) is 26.9 Å². The van der Waals surface area contributed by atoms with E-state index in [0.717, 1.165) is 12.5 Å². The van der Waals surface area contributed by atoms with Crippen LogP contribution >= 0.6 is 20.6 Å². The number of benzene rings is 2. The molecule has 3 rings (SSSR count). The lowest BCUT2D eigenvalue weighted by atomic mass is 9.96. The van der Waals surface area contributed by atoms with Crippen molar-refractivity contribution in [3.05, 3.63) is 47.8 Å². The van der Waals surface area contributed by atoms with Gasteiger partial charge in [0.2, 0.25) is 0 Å². The predicted molar refractivity (Wildman–Crippen MR) is 194 cm³/mol. The topological polar surface area (TPSA) is 122 Å². The van der Waals surface area contributed by atoms with E-state index >= 15 is 4.39 Å². The fourth-order valence-electron chi connectivity index (χ4n) is 3.72. The van der Waals surface area contributed by atoms with E-state index in [-0.39, 0.29) is 50.6 Å². The molecule has 3 aromatic rings. The van der Waals surface area contributed by atoms with Crippen LogP contribution in [0.2, 0.25) is 0 Å². The van der Waals surface area contributed by atoms with Crippen LogP contribution in [0.25, 0.3) is 11.0 Å². The molecule has 0 aliphatic heterocycles. The molecule has 1 aromatic heterocycles. The second-order valence-electron chi connectivity index (χ2n) is 13.2. The molecule has 0 bridgehead atoms. The fourth-order valence-corrected chi connectivity index (χ4v) is 6.06. The number of hydrogen-bond donors (Lipinski definition) is 3. The van der Waals surface area contributed by atoms with Crippen molar-refractivity contribution in [1.29, 1.82) is 0 Å². The molecular weight excluding hydrogens is 647 g/mol. The van der Waals surface area contributed by atoms with Crippen LogP contribution in [-0.2, 0) is 25.1 Å². The van der Waals surface area contributed by atoms with Crippen molar-refractivity contribution in [3.63, 3.8) is 0 Å². The minimum absolute atomic E-state index is 0.0320. The highest BCUT2D eigenvalue weighted by Crippen LogP contribution is 2.55. The molecule has 0 aliphatic carbocycles. The Labute approximate surface area is 283 Å². The summed E-state index contributed by atoms with van der Waals surface area (Å²) in [7, 11) is 4.93. The third kappa shape index (κ3) is 10.8. The normalized spacial score (nSPS) is 13.2. The van der Waals surface area contributed by atoms with Crippen molar-refractivity contribution in [1.82, 2.24) is 15.0 Å². The highest BCUT2D eigenvalue weighted by molar-refractivity contribution is 8.30. The number of rotatable bonds is 14. The molecule has 10 nitrogen and oxygen atoms in total. The highest BCUT2D eigenvalue weighted by atomic mass is 32.3. The number of aromatic nitrogens is 2. The summed E-state index contributed by atoms with van der Waals surface area (Å²) in [5, 5.41) is 2.67. The first-order valence-electron chi connectivity index (χ1n) is 15.1. The number of hydroxylamine groups is 1. The number of imidazole rings is 1. The zero-order valence-corrected chi connectivity index (χ0v) is 31.2. The van der Waals surface area contributed by atoms with E-state index < -0.39 is 38.2 Å². The van der Waals surface area contributed by atoms with Crippen LogP contribution in [0.4, 0.5) is 20.2 Å². The zero-order valence-electron chi connectivity index (χ0n) is 29.6. The molecule has 2 aromatic carbocycles. The van der Waals surface area contributed by atoms with Gasteiger partial charge in [0.25, 0.3) is 5.91 Å². The van der Waals surface area contributed by atoms with Gasteiger partial charge in [-0.05, 0) is 49.6 Å². The SMILES string of the molecule is CC(C)(C)S(C)(C)OCCON.[B]c1ccc(Nc2c(C(=O)NOCCOS(C)(C)C(C)(C)CC)cc3c(ncn3C)c2F)c(F)c1. The number of hydrogen-bond acceptors (Lipinski definition) is 8. The van der Waals surface area contributed by atoms with E-state index in [1.54, 1.807) is 11.6 Å². The molecule has 0 fully saturated rings. The summed E-state index contributed by atoms with van der Waals surface area (Å²) in [5.41, 5.74) is 2.64. The summed E-state index contributed by atoms with van der Waals surface area (Å²) in [6.45, 7) is 14.4. The molecule has 0 aliphatic rings. The summed E-state index contributed by atoms with van der Waals surface area (Å²) in [4.78, 5) is 26.8. The van der Waals surface area contributed by atoms with Gasteiger partial charge in [0.1, 0.15) is 19.2 Å². The molecular formula is C32H52BF2N5O5S2. The Hall–Kier alpha value is -2.40. The second-order valence-corrected chi connectivity index (χ2v) is 20.9. The number of carbonyl (C=O) groups excluding carboxylic acids is 1. The lowest BCUT2D eigenvalue weighted by Gasteiger charge is -2.45. The first-order chi connectivity index (χ1) is 21.7. The maximum atomic E-state index is 15.4. The Morgan fingerprint density at radius 2 is 1.62 bits per heavy atom. The summed E-state index contributed by atoms with van der Waals surface area (Å²) >= 11 is 0. The Morgan fingerprint density at radius 3 is 2.19 bits per heavy atom. The molecule has 2 radical (unpaired) electrons. The van der Waals surface area contributed by atoms with Crippen LogP contribution in [-0.4, -0.2) is 84.2 Å². The molecule has 0 atom stereocenters. The average molecular weight is 700 g/mol. The standard InChI is InChI=1S/C24H31BF2N4O3S.C8H21NO2S/c1-7-24(2,3)35(5,6)34-11-10-33-30-23(32)16-13-19-22(28-14-31(19)4)20(27)21(16)29-18-9-8-15(25)12-17(18)26;1-8(2,3)12(4,5)11-7-6-10-9/h8-9,12-14,29H,7,10-11H2,1-6H3,(H,30,32);6-7,9H2,1-5H3. The fraction of sp³-hybridized carbons (Fsp3) is 0.562. The molecule has 0 saturated heterocycles. The van der Waals surface area contributed by atoms with E-state index in [1.807, 2.05) is 0 Å². The van der Waals surface area contributed by atoms with Gasteiger partial charge in [-0.2, -0.15) is 0 Å². The first-order valence-corrected chi connectivity index (χ1v) is 19.9. The van der Waals surface area contributed by atoms with Gasteiger partial charge in [-0.1, -0.05) is 53.1 Å². The molecule has 1 heterocycles. The smallest absolute Gasteiger partial charge is 0.277 e. The van der Waals surface area contributed by atoms with Crippen molar-refractivity contribution in [3.8, 4) is 0 Å². The van der Waals surface area contributed by atoms with E-state index in [9.17, 15) is 9.18 Å². The van der Waals surface area contributed by atoms with Gasteiger partial charge in [0.05, 0.1) is 55.2 Å². The number of anilines is 2. The van der Waals surface area contributed by atoms with Crippen molar-refractivity contribution in [2.24, 2.45) is 12.9 Å². The molecule has 0 spiro atoms. The minimum atomic E-state index is -1.35. The Morgan fingerprint density at radius 1 is 1.00 bits per heavy atom. The molecule has 47 heavy (non-hydrogen) atoms. The van der Waals surface area contributed by atoms with Gasteiger partial charge in [0.15, 0.2) is 5.82 Å². The summed E-state index contributed by atoms with van der Waals surface area (Å²) < 4.78 is 43.4. The molecule has 0 saturated carbocycles. The molecule has 4 N–H and O–H groups in total. The molecule has 15 heteroatoms. The monoisotopic (exact) mass is 699 g/mol. The number of halogens is 2. The largest absolute Gasteiger partial charge is 0.350 e. The third-order valence-corrected chi connectivity index (χ3v) is 15.8. The van der Waals surface area contributed by atoms with Crippen molar-refractivity contribution in [2.75, 3.05) is 56.8 Å². The summed E-state index contributed by atoms with van der Waals surface area (Å²) in [5.74, 6) is 2.71. The minimum Gasteiger partial charge on any atom is -0.350 e.